The number of carboxylic acids is 1. The largest absolute Gasteiger partial charge is 0.478 e. The number of hydrogen-bond acceptors (Lipinski definition) is 3. The zero-order chi connectivity index (χ0) is 15.2. The molecule has 2 rings (SSSR count). The summed E-state index contributed by atoms with van der Waals surface area (Å²) >= 11 is 0. The lowest BCUT2D eigenvalue weighted by molar-refractivity contribution is -0.122. The van der Waals surface area contributed by atoms with Gasteiger partial charge < -0.3 is 15.2 Å². The van der Waals surface area contributed by atoms with E-state index < -0.39 is 5.97 Å². The van der Waals surface area contributed by atoms with E-state index in [-0.39, 0.29) is 23.6 Å². The molecule has 1 heterocycles. The Balaban J connectivity index is 1.85. The monoisotopic (exact) mass is 291 g/mol. The Morgan fingerprint density at radius 3 is 2.86 bits per heavy atom. The number of carbonyl (C=O) groups excluding carboxylic acids is 1. The molecular weight excluding hydrogens is 270 g/mol. The molecule has 0 aromatic heterocycles. The summed E-state index contributed by atoms with van der Waals surface area (Å²) in [7, 11) is 0. The van der Waals surface area contributed by atoms with E-state index in [2.05, 4.69) is 5.32 Å². The van der Waals surface area contributed by atoms with Gasteiger partial charge in [-0.15, -0.1) is 0 Å². The van der Waals surface area contributed by atoms with Crippen molar-refractivity contribution < 1.29 is 19.4 Å². The molecule has 0 aliphatic carbocycles. The SMILES string of the molecule is CC1CC(NC(=O)CCc2ccccc2C(=O)O)CCO1. The summed E-state index contributed by atoms with van der Waals surface area (Å²) in [6.45, 7) is 2.68. The average molecular weight is 291 g/mol. The predicted molar refractivity (Wildman–Crippen MR) is 78.3 cm³/mol. The van der Waals surface area contributed by atoms with Crippen LogP contribution in [0.2, 0.25) is 0 Å². The zero-order valence-electron chi connectivity index (χ0n) is 12.2. The summed E-state index contributed by atoms with van der Waals surface area (Å²) in [6.07, 6.45) is 2.58. The highest BCUT2D eigenvalue weighted by Crippen LogP contribution is 2.14. The molecule has 0 radical (unpaired) electrons. The Morgan fingerprint density at radius 2 is 2.14 bits per heavy atom. The van der Waals surface area contributed by atoms with Gasteiger partial charge in [-0.2, -0.15) is 0 Å². The van der Waals surface area contributed by atoms with Crippen LogP contribution in [0, 0.1) is 0 Å². The average Bonchev–Trinajstić information content (AvgIpc) is 2.45. The Hall–Kier alpha value is -1.88. The van der Waals surface area contributed by atoms with Crippen LogP contribution in [0.25, 0.3) is 0 Å². The first kappa shape index (κ1) is 15.5. The van der Waals surface area contributed by atoms with Crippen molar-refractivity contribution in [1.29, 1.82) is 0 Å². The van der Waals surface area contributed by atoms with Crippen LogP contribution in [0.5, 0.6) is 0 Å². The number of carbonyl (C=O) groups is 2. The lowest BCUT2D eigenvalue weighted by Crippen LogP contribution is -2.41. The maximum atomic E-state index is 12.0. The normalized spacial score (nSPS) is 21.8. The minimum atomic E-state index is -0.954. The topological polar surface area (TPSA) is 75.6 Å². The standard InChI is InChI=1S/C16H21NO4/c1-11-10-13(8-9-21-11)17-15(18)7-6-12-4-2-3-5-14(12)16(19)20/h2-5,11,13H,6-10H2,1H3,(H,17,18)(H,19,20). The Bertz CT molecular complexity index is 515. The zero-order valence-corrected chi connectivity index (χ0v) is 12.2. The molecule has 114 valence electrons. The third kappa shape index (κ3) is 4.56. The molecule has 1 fully saturated rings. The molecule has 1 aliphatic heterocycles. The fraction of sp³-hybridized carbons (Fsp3) is 0.500. The van der Waals surface area contributed by atoms with E-state index in [9.17, 15) is 9.59 Å². The van der Waals surface area contributed by atoms with Crippen LogP contribution in [-0.4, -0.2) is 35.7 Å². The van der Waals surface area contributed by atoms with Gasteiger partial charge in [0.25, 0.3) is 0 Å². The second-order valence-corrected chi connectivity index (χ2v) is 5.43. The minimum absolute atomic E-state index is 0.0331. The molecule has 21 heavy (non-hydrogen) atoms. The van der Waals surface area contributed by atoms with Crippen molar-refractivity contribution in [1.82, 2.24) is 5.32 Å². The second-order valence-electron chi connectivity index (χ2n) is 5.43. The van der Waals surface area contributed by atoms with Gasteiger partial charge in [0.05, 0.1) is 11.7 Å². The van der Waals surface area contributed by atoms with Crippen LogP contribution in [0.15, 0.2) is 24.3 Å². The number of amides is 1. The molecule has 5 heteroatoms. The summed E-state index contributed by atoms with van der Waals surface area (Å²) in [5, 5.41) is 12.1. The van der Waals surface area contributed by atoms with Crippen LogP contribution in [0.4, 0.5) is 0 Å². The third-order valence-corrected chi connectivity index (χ3v) is 3.72. The van der Waals surface area contributed by atoms with Gasteiger partial charge in [-0.25, -0.2) is 4.79 Å². The molecule has 1 aromatic carbocycles. The van der Waals surface area contributed by atoms with Crippen LogP contribution in [0.1, 0.15) is 42.1 Å². The third-order valence-electron chi connectivity index (χ3n) is 3.72. The summed E-state index contributed by atoms with van der Waals surface area (Å²) in [5.74, 6) is -0.987. The van der Waals surface area contributed by atoms with Gasteiger partial charge in [0, 0.05) is 19.1 Å². The Morgan fingerprint density at radius 1 is 1.38 bits per heavy atom. The van der Waals surface area contributed by atoms with E-state index >= 15 is 0 Å². The van der Waals surface area contributed by atoms with E-state index in [0.717, 1.165) is 12.8 Å². The van der Waals surface area contributed by atoms with Crippen molar-refractivity contribution in [2.45, 2.75) is 44.8 Å². The van der Waals surface area contributed by atoms with Crippen molar-refractivity contribution in [2.24, 2.45) is 0 Å². The van der Waals surface area contributed by atoms with Crippen molar-refractivity contribution in [3.63, 3.8) is 0 Å². The van der Waals surface area contributed by atoms with E-state index in [1.807, 2.05) is 6.92 Å². The molecule has 0 saturated carbocycles. The minimum Gasteiger partial charge on any atom is -0.478 e. The molecule has 0 bridgehead atoms. The fourth-order valence-electron chi connectivity index (χ4n) is 2.62. The van der Waals surface area contributed by atoms with Crippen LogP contribution < -0.4 is 5.32 Å². The predicted octanol–water partition coefficient (Wildman–Crippen LogP) is 2.00. The van der Waals surface area contributed by atoms with E-state index in [4.69, 9.17) is 9.84 Å². The van der Waals surface area contributed by atoms with Gasteiger partial charge in [0.15, 0.2) is 0 Å². The maximum Gasteiger partial charge on any atom is 0.335 e. The Labute approximate surface area is 124 Å². The first-order chi connectivity index (χ1) is 10.1. The molecule has 1 amide bonds. The number of carboxylic acid groups (broad SMARTS) is 1. The molecule has 1 aromatic rings. The highest BCUT2D eigenvalue weighted by Gasteiger charge is 2.21. The smallest absolute Gasteiger partial charge is 0.335 e. The van der Waals surface area contributed by atoms with Crippen molar-refractivity contribution in [2.75, 3.05) is 6.61 Å². The fourth-order valence-corrected chi connectivity index (χ4v) is 2.62. The summed E-state index contributed by atoms with van der Waals surface area (Å²) in [4.78, 5) is 23.1. The molecular formula is C16H21NO4. The first-order valence-electron chi connectivity index (χ1n) is 7.28. The van der Waals surface area contributed by atoms with Crippen molar-refractivity contribution >= 4 is 11.9 Å². The first-order valence-corrected chi connectivity index (χ1v) is 7.28. The van der Waals surface area contributed by atoms with Gasteiger partial charge in [-0.05, 0) is 37.8 Å². The maximum absolute atomic E-state index is 12.0. The molecule has 2 atom stereocenters. The van der Waals surface area contributed by atoms with E-state index in [0.29, 0.717) is 25.0 Å². The quantitative estimate of drug-likeness (QED) is 0.870. The number of hydrogen-bond donors (Lipinski definition) is 2. The van der Waals surface area contributed by atoms with Crippen molar-refractivity contribution in [3.8, 4) is 0 Å². The molecule has 1 saturated heterocycles. The number of ether oxygens (including phenoxy) is 1. The number of rotatable bonds is 5. The molecule has 1 aliphatic rings. The van der Waals surface area contributed by atoms with E-state index in [1.54, 1.807) is 24.3 Å². The number of nitrogens with one attached hydrogen (secondary N) is 1. The number of benzene rings is 1. The molecule has 2 unspecified atom stereocenters. The molecule has 0 spiro atoms. The number of aryl methyl sites for hydroxylation is 1. The van der Waals surface area contributed by atoms with Crippen molar-refractivity contribution in [3.05, 3.63) is 35.4 Å². The van der Waals surface area contributed by atoms with Gasteiger partial charge in [-0.1, -0.05) is 18.2 Å². The molecule has 2 N–H and O–H groups in total. The summed E-state index contributed by atoms with van der Waals surface area (Å²) in [5.41, 5.74) is 0.963. The van der Waals surface area contributed by atoms with Gasteiger partial charge in [0.1, 0.15) is 0 Å². The van der Waals surface area contributed by atoms with Crippen LogP contribution in [-0.2, 0) is 16.0 Å². The number of aromatic carboxylic acids is 1. The van der Waals surface area contributed by atoms with Crippen LogP contribution in [0.3, 0.4) is 0 Å². The van der Waals surface area contributed by atoms with Gasteiger partial charge in [-0.3, -0.25) is 4.79 Å². The van der Waals surface area contributed by atoms with Crippen LogP contribution >= 0.6 is 0 Å². The lowest BCUT2D eigenvalue weighted by atomic mass is 10.0. The highest BCUT2D eigenvalue weighted by molar-refractivity contribution is 5.89. The Kier molecular flexibility index (Phi) is 5.33. The highest BCUT2D eigenvalue weighted by atomic mass is 16.5. The molecule has 5 nitrogen and oxygen atoms in total. The van der Waals surface area contributed by atoms with Gasteiger partial charge in [0.2, 0.25) is 5.91 Å². The van der Waals surface area contributed by atoms with Gasteiger partial charge >= 0.3 is 5.97 Å². The summed E-state index contributed by atoms with van der Waals surface area (Å²) in [6, 6.07) is 6.97. The van der Waals surface area contributed by atoms with E-state index in [1.165, 1.54) is 0 Å². The summed E-state index contributed by atoms with van der Waals surface area (Å²) < 4.78 is 5.44. The lowest BCUT2D eigenvalue weighted by Gasteiger charge is -2.27. The second kappa shape index (κ2) is 7.22.